The van der Waals surface area contributed by atoms with Crippen LogP contribution in [0.5, 0.6) is 0 Å². The Morgan fingerprint density at radius 1 is 1.17 bits per heavy atom. The third-order valence-electron chi connectivity index (χ3n) is 6.31. The average Bonchev–Trinajstić information content (AvgIpc) is 3.36. The minimum Gasteiger partial charge on any atom is -0.415 e. The third-order valence-corrected chi connectivity index (χ3v) is 8.88. The summed E-state index contributed by atoms with van der Waals surface area (Å²) in [6.45, 7) is 5.21. The third kappa shape index (κ3) is 6.15. The van der Waals surface area contributed by atoms with Crippen molar-refractivity contribution in [2.45, 2.75) is 26.4 Å². The van der Waals surface area contributed by atoms with Gasteiger partial charge in [-0.1, -0.05) is 35.1 Å². The minimum atomic E-state index is -2.91. The van der Waals surface area contributed by atoms with E-state index < -0.39 is 28.1 Å². The number of alkyl halides is 2. The normalized spacial score (nSPS) is 15.9. The van der Waals surface area contributed by atoms with Crippen LogP contribution >= 0.6 is 0 Å². The summed E-state index contributed by atoms with van der Waals surface area (Å²) in [7, 11) is -1.17. The Balaban J connectivity index is 1.57. The van der Waals surface area contributed by atoms with Crippen molar-refractivity contribution in [1.82, 2.24) is 20.2 Å². The molecule has 0 bridgehead atoms. The molecule has 4 rings (SSSR count). The molecule has 1 saturated heterocycles. The lowest BCUT2D eigenvalue weighted by Gasteiger charge is -2.36. The van der Waals surface area contributed by atoms with E-state index in [1.54, 1.807) is 11.4 Å². The van der Waals surface area contributed by atoms with Gasteiger partial charge in [-0.3, -0.25) is 9.11 Å². The summed E-state index contributed by atoms with van der Waals surface area (Å²) < 4.78 is 60.8. The quantitative estimate of drug-likeness (QED) is 0.330. The van der Waals surface area contributed by atoms with Crippen molar-refractivity contribution in [3.05, 3.63) is 65.3 Å². The van der Waals surface area contributed by atoms with Gasteiger partial charge in [0.25, 0.3) is 5.89 Å². The smallest absolute Gasteiger partial charge is 0.314 e. The van der Waals surface area contributed by atoms with Crippen molar-refractivity contribution in [2.75, 3.05) is 36.2 Å². The molecule has 2 heterocycles. The molecule has 0 radical (unpaired) electrons. The van der Waals surface area contributed by atoms with Gasteiger partial charge >= 0.3 is 6.43 Å². The first-order chi connectivity index (χ1) is 17.2. The van der Waals surface area contributed by atoms with Crippen LogP contribution < -0.4 is 4.31 Å². The molecule has 0 unspecified atom stereocenters. The number of hydroxylamine groups is 2. The van der Waals surface area contributed by atoms with E-state index in [1.807, 2.05) is 31.2 Å². The lowest BCUT2D eigenvalue weighted by Crippen LogP contribution is -2.44. The second-order valence-corrected chi connectivity index (χ2v) is 12.1. The van der Waals surface area contributed by atoms with Crippen molar-refractivity contribution >= 4 is 22.8 Å². The zero-order valence-electron chi connectivity index (χ0n) is 20.1. The lowest BCUT2D eigenvalue weighted by molar-refractivity contribution is -0.118. The van der Waals surface area contributed by atoms with Gasteiger partial charge in [-0.05, 0) is 29.8 Å². The van der Waals surface area contributed by atoms with E-state index in [9.17, 15) is 18.2 Å². The van der Waals surface area contributed by atoms with E-state index in [1.165, 1.54) is 17.2 Å². The molecule has 2 aromatic carbocycles. The number of rotatable bonds is 9. The predicted molar refractivity (Wildman–Crippen MR) is 135 cm³/mol. The van der Waals surface area contributed by atoms with E-state index in [2.05, 4.69) is 15.1 Å². The molecule has 8 nitrogen and oxygen atoms in total. The van der Waals surface area contributed by atoms with Crippen molar-refractivity contribution in [3.63, 3.8) is 0 Å². The molecule has 0 aliphatic carbocycles. The fourth-order valence-corrected chi connectivity index (χ4v) is 5.44. The monoisotopic (exact) mass is 523 g/mol. The number of anilines is 1. The zero-order valence-corrected chi connectivity index (χ0v) is 21.0. The van der Waals surface area contributed by atoms with Gasteiger partial charge in [-0.2, -0.15) is 13.8 Å². The highest BCUT2D eigenvalue weighted by Crippen LogP contribution is 2.29. The Labute approximate surface area is 209 Å². The molecule has 3 aromatic rings. The number of thiol groups is 1. The van der Waals surface area contributed by atoms with Crippen LogP contribution in [0.4, 0.5) is 18.9 Å². The summed E-state index contributed by atoms with van der Waals surface area (Å²) in [5, 5.41) is 17.7. The summed E-state index contributed by atoms with van der Waals surface area (Å²) in [5.41, 5.74) is 2.24. The van der Waals surface area contributed by atoms with Crippen molar-refractivity contribution in [1.29, 1.82) is 0 Å². The van der Waals surface area contributed by atoms with Gasteiger partial charge in [0.1, 0.15) is 5.82 Å². The maximum absolute atomic E-state index is 15.1. The highest BCUT2D eigenvalue weighted by molar-refractivity contribution is 8.23. The second kappa shape index (κ2) is 11.1. The summed E-state index contributed by atoms with van der Waals surface area (Å²) >= 11 is 0. The zero-order chi connectivity index (χ0) is 25.9. The van der Waals surface area contributed by atoms with E-state index in [-0.39, 0.29) is 18.0 Å². The molecule has 1 aromatic heterocycles. The number of hydrogen-bond donors (Lipinski definition) is 2. The SMILES string of the molecule is B[SH](=O)(CC)N(Cc1ccc(-c2nnc(C(F)F)o2)cc1F)c1cccc(CN2CCN(O)CC2)c1. The number of piperazine rings is 1. The molecular weight excluding hydrogens is 494 g/mol. The maximum atomic E-state index is 15.1. The average molecular weight is 523 g/mol. The first kappa shape index (κ1) is 26.3. The number of aromatic nitrogens is 2. The van der Waals surface area contributed by atoms with E-state index in [0.717, 1.165) is 30.4 Å². The summed E-state index contributed by atoms with van der Waals surface area (Å²) in [6, 6.07) is 11.9. The predicted octanol–water partition coefficient (Wildman–Crippen LogP) is 2.83. The number of nitrogens with zero attached hydrogens (tertiary/aromatic N) is 5. The van der Waals surface area contributed by atoms with Gasteiger partial charge in [0.05, 0.1) is 6.54 Å². The first-order valence-corrected chi connectivity index (χ1v) is 14.0. The fourth-order valence-electron chi connectivity index (χ4n) is 4.03. The van der Waals surface area contributed by atoms with Crippen LogP contribution in [0, 0.1) is 5.82 Å². The summed E-state index contributed by atoms with van der Waals surface area (Å²) in [4.78, 5) is 2.23. The first-order valence-electron chi connectivity index (χ1n) is 11.7. The Bertz CT molecular complexity index is 1240. The van der Waals surface area contributed by atoms with E-state index >= 15 is 4.39 Å². The molecule has 0 saturated carbocycles. The molecule has 36 heavy (non-hydrogen) atoms. The van der Waals surface area contributed by atoms with Crippen LogP contribution in [0.25, 0.3) is 11.5 Å². The highest BCUT2D eigenvalue weighted by Gasteiger charge is 2.23. The number of hydrogen-bond acceptors (Lipinski definition) is 7. The fraction of sp³-hybridized carbons (Fsp3) is 0.391. The van der Waals surface area contributed by atoms with Crippen molar-refractivity contribution < 1.29 is 27.0 Å². The van der Waals surface area contributed by atoms with E-state index in [4.69, 9.17) is 4.42 Å². The van der Waals surface area contributed by atoms with Crippen LogP contribution in [-0.4, -0.2) is 68.6 Å². The Kier molecular flexibility index (Phi) is 8.13. The molecule has 194 valence electrons. The second-order valence-electron chi connectivity index (χ2n) is 8.88. The molecule has 1 aliphatic rings. The van der Waals surface area contributed by atoms with Gasteiger partial charge in [-0.25, -0.2) is 4.39 Å². The molecule has 0 atom stereocenters. The number of halogens is 3. The van der Waals surface area contributed by atoms with Crippen LogP contribution in [-0.2, 0) is 23.1 Å². The van der Waals surface area contributed by atoms with Crippen LogP contribution in [0.15, 0.2) is 46.9 Å². The summed E-state index contributed by atoms with van der Waals surface area (Å²) in [5.74, 6) is -1.22. The number of benzene rings is 2. The topological polar surface area (TPSA) is 85.9 Å². The van der Waals surface area contributed by atoms with Gasteiger partial charge in [0.2, 0.25) is 13.0 Å². The molecule has 0 amide bonds. The Morgan fingerprint density at radius 3 is 2.56 bits per heavy atom. The highest BCUT2D eigenvalue weighted by atomic mass is 32.2. The van der Waals surface area contributed by atoms with Gasteiger partial charge in [0, 0.05) is 55.3 Å². The summed E-state index contributed by atoms with van der Waals surface area (Å²) in [6.07, 6.45) is -2.91. The Morgan fingerprint density at radius 2 is 1.92 bits per heavy atom. The van der Waals surface area contributed by atoms with Crippen LogP contribution in [0.3, 0.4) is 0 Å². The van der Waals surface area contributed by atoms with Crippen molar-refractivity contribution in [3.8, 4) is 11.5 Å². The van der Waals surface area contributed by atoms with Gasteiger partial charge in [-0.15, -0.1) is 10.2 Å². The standard InChI is InChI=1S/C23H29BF3N5O3S/c1-2-36(24,34)32(19-5-3-4-16(12-19)14-30-8-10-31(33)11-9-30)15-18-7-6-17(13-20(18)25)22-28-29-23(35-22)21(26)27/h3-7,12-13,21,33,36H,2,8-11,14-15,24H2,1H3. The van der Waals surface area contributed by atoms with Crippen molar-refractivity contribution in [2.24, 2.45) is 0 Å². The molecule has 0 spiro atoms. The van der Waals surface area contributed by atoms with Gasteiger partial charge in [0.15, 0.2) is 0 Å². The minimum absolute atomic E-state index is 0.0620. The lowest BCUT2D eigenvalue weighted by atomic mass is 10.1. The molecule has 1 aliphatic heterocycles. The molecular formula is C23H29BF3N5O3S. The molecule has 1 fully saturated rings. The van der Waals surface area contributed by atoms with Crippen LogP contribution in [0.2, 0.25) is 0 Å². The molecule has 13 heteroatoms. The maximum Gasteiger partial charge on any atom is 0.314 e. The Hall–Kier alpha value is -2.74. The van der Waals surface area contributed by atoms with Gasteiger partial charge < -0.3 is 13.9 Å². The van der Waals surface area contributed by atoms with Crippen LogP contribution in [0.1, 0.15) is 30.4 Å². The molecule has 1 N–H and O–H groups in total. The largest absolute Gasteiger partial charge is 0.415 e. The van der Waals surface area contributed by atoms with E-state index in [0.29, 0.717) is 31.0 Å².